The number of amides is 1. The molecule has 0 radical (unpaired) electrons. The minimum absolute atomic E-state index is 0.0922. The summed E-state index contributed by atoms with van der Waals surface area (Å²) < 4.78 is 13.8. The van der Waals surface area contributed by atoms with Gasteiger partial charge in [-0.3, -0.25) is 14.9 Å². The highest BCUT2D eigenvalue weighted by Gasteiger charge is 2.64. The molecule has 1 saturated heterocycles. The molecule has 1 aromatic rings. The third-order valence-corrected chi connectivity index (χ3v) is 5.54. The number of hydrogen-bond donors (Lipinski definition) is 2. The number of nitro groups is 1. The Morgan fingerprint density at radius 1 is 1.35 bits per heavy atom. The molecule has 7 nitrogen and oxygen atoms in total. The molecule has 5 rings (SSSR count). The van der Waals surface area contributed by atoms with Crippen molar-refractivity contribution in [1.29, 1.82) is 0 Å². The monoisotopic (exact) mass is 321 g/mol. The van der Waals surface area contributed by atoms with Gasteiger partial charge < -0.3 is 5.11 Å². The van der Waals surface area contributed by atoms with Crippen molar-refractivity contribution in [2.24, 2.45) is 11.8 Å². The van der Waals surface area contributed by atoms with E-state index in [1.54, 1.807) is 0 Å². The van der Waals surface area contributed by atoms with Crippen molar-refractivity contribution >= 4 is 17.3 Å². The molecule has 2 unspecified atom stereocenters. The van der Waals surface area contributed by atoms with Crippen LogP contribution in [0.5, 0.6) is 0 Å². The highest BCUT2D eigenvalue weighted by atomic mass is 19.1. The predicted molar refractivity (Wildman–Crippen MR) is 77.9 cm³/mol. The summed E-state index contributed by atoms with van der Waals surface area (Å²) in [5.74, 6) is -1.38. The molecule has 4 aliphatic rings. The second kappa shape index (κ2) is 4.72. The average molecular weight is 321 g/mol. The molecule has 1 heterocycles. The van der Waals surface area contributed by atoms with Crippen LogP contribution in [0, 0.1) is 27.8 Å². The van der Waals surface area contributed by atoms with Gasteiger partial charge in [0.15, 0.2) is 5.60 Å². The summed E-state index contributed by atoms with van der Waals surface area (Å²) in [6.07, 6.45) is 3.54. The standard InChI is InChI=1S/C15H16FN3O4/c16-11-7-10(5-6-12(11)19(22)23)18-14(20)15(21)9-3-1-8(2-4-9)13(15)17-18/h5-9,13,17,21H,1-4H2. The second-order valence-electron chi connectivity index (χ2n) is 6.58. The van der Waals surface area contributed by atoms with E-state index in [0.29, 0.717) is 0 Å². The maximum atomic E-state index is 13.8. The molecule has 3 aliphatic carbocycles. The first kappa shape index (κ1) is 14.5. The van der Waals surface area contributed by atoms with E-state index in [-0.39, 0.29) is 23.6 Å². The van der Waals surface area contributed by atoms with Crippen LogP contribution in [0.2, 0.25) is 0 Å². The molecular weight excluding hydrogens is 305 g/mol. The first-order chi connectivity index (χ1) is 10.9. The van der Waals surface area contributed by atoms with E-state index < -0.39 is 27.9 Å². The molecule has 1 amide bonds. The molecule has 0 spiro atoms. The Kier molecular flexibility index (Phi) is 2.98. The highest BCUT2D eigenvalue weighted by Crippen LogP contribution is 2.51. The molecule has 4 fully saturated rings. The molecule has 0 aromatic heterocycles. The van der Waals surface area contributed by atoms with E-state index in [1.807, 2.05) is 0 Å². The number of nitrogens with zero attached hydrogens (tertiary/aromatic N) is 2. The number of benzene rings is 1. The first-order valence-corrected chi connectivity index (χ1v) is 7.70. The van der Waals surface area contributed by atoms with E-state index >= 15 is 0 Å². The van der Waals surface area contributed by atoms with Crippen molar-refractivity contribution in [1.82, 2.24) is 5.43 Å². The molecule has 2 N–H and O–H groups in total. The van der Waals surface area contributed by atoms with Crippen molar-refractivity contribution in [3.8, 4) is 0 Å². The SMILES string of the molecule is O=C1N(c2ccc([N+](=O)[O-])c(F)c2)NC2C3CCC(CC3)C12O. The first-order valence-electron chi connectivity index (χ1n) is 7.70. The van der Waals surface area contributed by atoms with E-state index in [2.05, 4.69) is 5.43 Å². The van der Waals surface area contributed by atoms with E-state index in [1.165, 1.54) is 6.07 Å². The lowest BCUT2D eigenvalue weighted by Gasteiger charge is -2.48. The predicted octanol–water partition coefficient (Wildman–Crippen LogP) is 1.50. The van der Waals surface area contributed by atoms with Crippen LogP contribution in [0.3, 0.4) is 0 Å². The molecular formula is C15H16FN3O4. The number of carbonyl (C=O) groups excluding carboxylic acids is 1. The summed E-state index contributed by atoms with van der Waals surface area (Å²) in [6.45, 7) is 0. The number of hydrogen-bond acceptors (Lipinski definition) is 5. The van der Waals surface area contributed by atoms with Crippen molar-refractivity contribution < 1.29 is 19.2 Å². The maximum absolute atomic E-state index is 13.8. The van der Waals surface area contributed by atoms with Gasteiger partial charge in [-0.15, -0.1) is 0 Å². The van der Waals surface area contributed by atoms with Crippen LogP contribution in [0.15, 0.2) is 18.2 Å². The minimum Gasteiger partial charge on any atom is -0.378 e. The van der Waals surface area contributed by atoms with Gasteiger partial charge in [-0.1, -0.05) is 0 Å². The number of nitro benzene ring substituents is 1. The number of halogens is 1. The molecule has 1 aliphatic heterocycles. The Morgan fingerprint density at radius 3 is 2.61 bits per heavy atom. The van der Waals surface area contributed by atoms with E-state index in [0.717, 1.165) is 42.8 Å². The number of nitrogens with one attached hydrogen (secondary N) is 1. The zero-order chi connectivity index (χ0) is 16.4. The van der Waals surface area contributed by atoms with Crippen molar-refractivity contribution in [3.63, 3.8) is 0 Å². The van der Waals surface area contributed by atoms with Crippen molar-refractivity contribution in [2.45, 2.75) is 37.3 Å². The number of fused-ring (bicyclic) bond motifs is 2. The molecule has 1 aromatic carbocycles. The Bertz CT molecular complexity index is 704. The van der Waals surface area contributed by atoms with E-state index in [9.17, 15) is 24.4 Å². The van der Waals surface area contributed by atoms with Crippen LogP contribution in [0.4, 0.5) is 15.8 Å². The Labute approximate surface area is 131 Å². The smallest absolute Gasteiger partial charge is 0.304 e. The van der Waals surface area contributed by atoms with E-state index in [4.69, 9.17) is 0 Å². The van der Waals surface area contributed by atoms with Crippen LogP contribution in [-0.4, -0.2) is 27.6 Å². The summed E-state index contributed by atoms with van der Waals surface area (Å²) in [5.41, 5.74) is 1.07. The zero-order valence-electron chi connectivity index (χ0n) is 12.2. The van der Waals surface area contributed by atoms with Gasteiger partial charge >= 0.3 is 5.69 Å². The Hall–Kier alpha value is -2.06. The normalized spacial score (nSPS) is 35.5. The van der Waals surface area contributed by atoms with Crippen molar-refractivity contribution in [2.75, 3.05) is 5.01 Å². The molecule has 2 atom stereocenters. The third-order valence-electron chi connectivity index (χ3n) is 5.54. The Balaban J connectivity index is 1.70. The number of aliphatic hydroxyl groups is 1. The number of anilines is 1. The van der Waals surface area contributed by atoms with Crippen LogP contribution in [-0.2, 0) is 4.79 Å². The van der Waals surface area contributed by atoms with Gasteiger partial charge in [-0.05, 0) is 43.6 Å². The summed E-state index contributed by atoms with van der Waals surface area (Å²) in [7, 11) is 0. The fourth-order valence-electron chi connectivity index (χ4n) is 4.37. The van der Waals surface area contributed by atoms with Crippen molar-refractivity contribution in [3.05, 3.63) is 34.1 Å². The van der Waals surface area contributed by atoms with Crippen LogP contribution in [0.1, 0.15) is 25.7 Å². The lowest BCUT2D eigenvalue weighted by Crippen LogP contribution is -2.61. The number of rotatable bonds is 2. The summed E-state index contributed by atoms with van der Waals surface area (Å²) in [4.78, 5) is 22.6. The average Bonchev–Trinajstić information content (AvgIpc) is 2.82. The van der Waals surface area contributed by atoms with Gasteiger partial charge in [-0.25, -0.2) is 10.4 Å². The molecule has 122 valence electrons. The fourth-order valence-corrected chi connectivity index (χ4v) is 4.37. The van der Waals surface area contributed by atoms with Gasteiger partial charge in [-0.2, -0.15) is 4.39 Å². The highest BCUT2D eigenvalue weighted by molar-refractivity contribution is 6.02. The molecule has 23 heavy (non-hydrogen) atoms. The van der Waals surface area contributed by atoms with Gasteiger partial charge in [0, 0.05) is 12.1 Å². The molecule has 2 bridgehead atoms. The Morgan fingerprint density at radius 2 is 2.04 bits per heavy atom. The van der Waals surface area contributed by atoms with Gasteiger partial charge in [0.2, 0.25) is 5.82 Å². The summed E-state index contributed by atoms with van der Waals surface area (Å²) >= 11 is 0. The molecule has 3 saturated carbocycles. The largest absolute Gasteiger partial charge is 0.378 e. The summed E-state index contributed by atoms with van der Waals surface area (Å²) in [6, 6.07) is 2.92. The second-order valence-corrected chi connectivity index (χ2v) is 6.58. The number of carbonyl (C=O) groups is 1. The quantitative estimate of drug-likeness (QED) is 0.636. The van der Waals surface area contributed by atoms with Gasteiger partial charge in [0.05, 0.1) is 16.7 Å². The summed E-state index contributed by atoms with van der Waals surface area (Å²) in [5, 5.41) is 22.8. The lowest BCUT2D eigenvalue weighted by molar-refractivity contribution is -0.387. The fraction of sp³-hybridized carbons (Fsp3) is 0.533. The third kappa shape index (κ3) is 1.85. The maximum Gasteiger partial charge on any atom is 0.304 e. The minimum atomic E-state index is -1.46. The van der Waals surface area contributed by atoms with Gasteiger partial charge in [0.25, 0.3) is 5.91 Å². The number of hydrazine groups is 1. The van der Waals surface area contributed by atoms with Crippen LogP contribution >= 0.6 is 0 Å². The molecule has 8 heteroatoms. The van der Waals surface area contributed by atoms with Crippen LogP contribution < -0.4 is 10.4 Å². The van der Waals surface area contributed by atoms with Gasteiger partial charge in [0.1, 0.15) is 0 Å². The lowest BCUT2D eigenvalue weighted by atomic mass is 9.59. The topological polar surface area (TPSA) is 95.7 Å². The zero-order valence-corrected chi connectivity index (χ0v) is 12.2. The van der Waals surface area contributed by atoms with Crippen LogP contribution in [0.25, 0.3) is 0 Å².